The molecule has 0 radical (unpaired) electrons. The molecule has 0 saturated carbocycles. The van der Waals surface area contributed by atoms with Crippen molar-refractivity contribution in [2.45, 2.75) is 12.8 Å². The smallest absolute Gasteiger partial charge is 0.222 e. The molecule has 0 atom stereocenters. The summed E-state index contributed by atoms with van der Waals surface area (Å²) in [4.78, 5) is 17.4. The third-order valence-corrected chi connectivity index (χ3v) is 2.50. The summed E-state index contributed by atoms with van der Waals surface area (Å²) in [6.45, 7) is 1.59. The SMILES string of the molecule is CNCCN(C)C(=O)CCc1ccncc1. The largest absolute Gasteiger partial charge is 0.344 e. The van der Waals surface area contributed by atoms with Crippen LogP contribution in [-0.4, -0.2) is 43.0 Å². The number of nitrogens with zero attached hydrogens (tertiary/aromatic N) is 2. The van der Waals surface area contributed by atoms with Crippen molar-refractivity contribution in [3.63, 3.8) is 0 Å². The van der Waals surface area contributed by atoms with E-state index >= 15 is 0 Å². The Morgan fingerprint density at radius 2 is 2.12 bits per heavy atom. The van der Waals surface area contributed by atoms with Crippen LogP contribution in [0.3, 0.4) is 0 Å². The van der Waals surface area contributed by atoms with Gasteiger partial charge in [-0.3, -0.25) is 9.78 Å². The van der Waals surface area contributed by atoms with Crippen molar-refractivity contribution >= 4 is 5.91 Å². The number of nitrogens with one attached hydrogen (secondary N) is 1. The number of rotatable bonds is 6. The van der Waals surface area contributed by atoms with E-state index in [1.807, 2.05) is 26.2 Å². The maximum Gasteiger partial charge on any atom is 0.222 e. The molecule has 0 spiro atoms. The third-order valence-electron chi connectivity index (χ3n) is 2.50. The van der Waals surface area contributed by atoms with E-state index in [-0.39, 0.29) is 5.91 Å². The molecule has 4 nitrogen and oxygen atoms in total. The number of carbonyl (C=O) groups excluding carboxylic acids is 1. The zero-order valence-corrected chi connectivity index (χ0v) is 9.94. The molecule has 0 saturated heterocycles. The summed E-state index contributed by atoms with van der Waals surface area (Å²) in [5.74, 6) is 0.187. The fraction of sp³-hybridized carbons (Fsp3) is 0.500. The summed E-state index contributed by atoms with van der Waals surface area (Å²) in [5, 5.41) is 3.03. The van der Waals surface area contributed by atoms with Crippen LogP contribution in [-0.2, 0) is 11.2 Å². The Balaban J connectivity index is 2.29. The van der Waals surface area contributed by atoms with Gasteiger partial charge in [0, 0.05) is 39.0 Å². The molecule has 0 aromatic carbocycles. The minimum Gasteiger partial charge on any atom is -0.344 e. The van der Waals surface area contributed by atoms with Crippen LogP contribution < -0.4 is 5.32 Å². The Morgan fingerprint density at radius 1 is 1.44 bits per heavy atom. The zero-order valence-electron chi connectivity index (χ0n) is 9.94. The summed E-state index contributed by atoms with van der Waals surface area (Å²) in [6.07, 6.45) is 4.85. The summed E-state index contributed by atoms with van der Waals surface area (Å²) in [7, 11) is 3.72. The molecular formula is C12H19N3O. The number of hydrogen-bond acceptors (Lipinski definition) is 3. The molecule has 1 aromatic heterocycles. The topological polar surface area (TPSA) is 45.2 Å². The van der Waals surface area contributed by atoms with Crippen molar-refractivity contribution < 1.29 is 4.79 Å². The first-order chi connectivity index (χ1) is 7.74. The molecule has 16 heavy (non-hydrogen) atoms. The minimum absolute atomic E-state index is 0.187. The first kappa shape index (κ1) is 12.6. The van der Waals surface area contributed by atoms with E-state index in [2.05, 4.69) is 10.3 Å². The summed E-state index contributed by atoms with van der Waals surface area (Å²) in [5.41, 5.74) is 1.16. The Bertz CT molecular complexity index is 313. The number of hydrogen-bond donors (Lipinski definition) is 1. The van der Waals surface area contributed by atoms with Crippen LogP contribution in [0, 0.1) is 0 Å². The van der Waals surface area contributed by atoms with Gasteiger partial charge in [-0.15, -0.1) is 0 Å². The van der Waals surface area contributed by atoms with Crippen LogP contribution >= 0.6 is 0 Å². The predicted molar refractivity (Wildman–Crippen MR) is 64.1 cm³/mol. The maximum atomic E-state index is 11.7. The van der Waals surface area contributed by atoms with Gasteiger partial charge in [-0.25, -0.2) is 0 Å². The molecule has 0 bridgehead atoms. The van der Waals surface area contributed by atoms with E-state index in [0.29, 0.717) is 6.42 Å². The highest BCUT2D eigenvalue weighted by atomic mass is 16.2. The lowest BCUT2D eigenvalue weighted by atomic mass is 10.1. The second-order valence-electron chi connectivity index (χ2n) is 3.77. The average Bonchev–Trinajstić information content (AvgIpc) is 2.34. The van der Waals surface area contributed by atoms with Crippen molar-refractivity contribution in [2.24, 2.45) is 0 Å². The number of aryl methyl sites for hydroxylation is 1. The van der Waals surface area contributed by atoms with Gasteiger partial charge in [-0.1, -0.05) is 0 Å². The highest BCUT2D eigenvalue weighted by molar-refractivity contribution is 5.76. The van der Waals surface area contributed by atoms with E-state index in [0.717, 1.165) is 25.1 Å². The number of carbonyl (C=O) groups is 1. The highest BCUT2D eigenvalue weighted by Crippen LogP contribution is 2.02. The van der Waals surface area contributed by atoms with Crippen molar-refractivity contribution in [3.05, 3.63) is 30.1 Å². The lowest BCUT2D eigenvalue weighted by Gasteiger charge is -2.16. The van der Waals surface area contributed by atoms with Gasteiger partial charge in [0.2, 0.25) is 5.91 Å². The lowest BCUT2D eigenvalue weighted by Crippen LogP contribution is -2.32. The molecule has 88 valence electrons. The van der Waals surface area contributed by atoms with Gasteiger partial charge in [-0.05, 0) is 31.2 Å². The molecule has 1 amide bonds. The maximum absolute atomic E-state index is 11.7. The van der Waals surface area contributed by atoms with Crippen LogP contribution in [0.5, 0.6) is 0 Å². The summed E-state index contributed by atoms with van der Waals surface area (Å²) in [6, 6.07) is 3.89. The van der Waals surface area contributed by atoms with Crippen molar-refractivity contribution in [3.8, 4) is 0 Å². The number of amides is 1. The Morgan fingerprint density at radius 3 is 2.75 bits per heavy atom. The van der Waals surface area contributed by atoms with Gasteiger partial charge in [0.15, 0.2) is 0 Å². The van der Waals surface area contributed by atoms with Crippen molar-refractivity contribution in [1.82, 2.24) is 15.2 Å². The van der Waals surface area contributed by atoms with E-state index in [1.54, 1.807) is 17.3 Å². The van der Waals surface area contributed by atoms with Gasteiger partial charge in [-0.2, -0.15) is 0 Å². The molecule has 0 fully saturated rings. The summed E-state index contributed by atoms with van der Waals surface area (Å²) < 4.78 is 0. The number of aromatic nitrogens is 1. The van der Waals surface area contributed by atoms with Gasteiger partial charge in [0.05, 0.1) is 0 Å². The van der Waals surface area contributed by atoms with Crippen molar-refractivity contribution in [2.75, 3.05) is 27.2 Å². The normalized spacial score (nSPS) is 10.1. The highest BCUT2D eigenvalue weighted by Gasteiger charge is 2.07. The van der Waals surface area contributed by atoms with E-state index in [9.17, 15) is 4.79 Å². The second-order valence-corrected chi connectivity index (χ2v) is 3.77. The first-order valence-electron chi connectivity index (χ1n) is 5.51. The van der Waals surface area contributed by atoms with Crippen LogP contribution in [0.2, 0.25) is 0 Å². The molecule has 1 N–H and O–H groups in total. The molecule has 1 rings (SSSR count). The van der Waals surface area contributed by atoms with E-state index in [4.69, 9.17) is 0 Å². The Kier molecular flexibility index (Phi) is 5.50. The predicted octanol–water partition coefficient (Wildman–Crippen LogP) is 0.692. The van der Waals surface area contributed by atoms with Gasteiger partial charge < -0.3 is 10.2 Å². The zero-order chi connectivity index (χ0) is 11.8. The fourth-order valence-electron chi connectivity index (χ4n) is 1.40. The van der Waals surface area contributed by atoms with Crippen LogP contribution in [0.25, 0.3) is 0 Å². The van der Waals surface area contributed by atoms with E-state index < -0.39 is 0 Å². The number of likely N-dealkylation sites (N-methyl/N-ethyl adjacent to an activating group) is 2. The fourth-order valence-corrected chi connectivity index (χ4v) is 1.40. The monoisotopic (exact) mass is 221 g/mol. The molecule has 0 aliphatic rings. The lowest BCUT2D eigenvalue weighted by molar-refractivity contribution is -0.129. The molecule has 0 aliphatic heterocycles. The number of pyridine rings is 1. The Labute approximate surface area is 96.7 Å². The van der Waals surface area contributed by atoms with Crippen LogP contribution in [0.1, 0.15) is 12.0 Å². The van der Waals surface area contributed by atoms with Crippen LogP contribution in [0.15, 0.2) is 24.5 Å². The third kappa shape index (κ3) is 4.40. The van der Waals surface area contributed by atoms with Gasteiger partial charge >= 0.3 is 0 Å². The molecule has 4 heteroatoms. The standard InChI is InChI=1S/C12H19N3O/c1-13-9-10-15(2)12(16)4-3-11-5-7-14-8-6-11/h5-8,13H,3-4,9-10H2,1-2H3. The second kappa shape index (κ2) is 6.95. The van der Waals surface area contributed by atoms with Crippen molar-refractivity contribution in [1.29, 1.82) is 0 Å². The van der Waals surface area contributed by atoms with Gasteiger partial charge in [0.1, 0.15) is 0 Å². The quantitative estimate of drug-likeness (QED) is 0.769. The van der Waals surface area contributed by atoms with E-state index in [1.165, 1.54) is 0 Å². The summed E-state index contributed by atoms with van der Waals surface area (Å²) >= 11 is 0. The molecule has 1 heterocycles. The Hall–Kier alpha value is -1.42. The minimum atomic E-state index is 0.187. The van der Waals surface area contributed by atoms with Crippen LogP contribution in [0.4, 0.5) is 0 Å². The first-order valence-corrected chi connectivity index (χ1v) is 5.51. The molecular weight excluding hydrogens is 202 g/mol. The molecule has 1 aromatic rings. The van der Waals surface area contributed by atoms with Gasteiger partial charge in [0.25, 0.3) is 0 Å². The average molecular weight is 221 g/mol. The molecule has 0 unspecified atom stereocenters. The molecule has 0 aliphatic carbocycles.